The SMILES string of the molecule is CC(=O)c1cccc(-c2ccc3ncc(-c4ccc(CN)cc4)n3n2)c1. The first-order valence-electron chi connectivity index (χ1n) is 8.41. The van der Waals surface area contributed by atoms with Crippen LogP contribution in [0.15, 0.2) is 66.9 Å². The molecule has 2 aromatic heterocycles. The third-order valence-corrected chi connectivity index (χ3v) is 4.41. The predicted molar refractivity (Wildman–Crippen MR) is 102 cm³/mol. The van der Waals surface area contributed by atoms with E-state index in [1.807, 2.05) is 71.4 Å². The second-order valence-corrected chi connectivity index (χ2v) is 6.17. The molecule has 0 saturated heterocycles. The summed E-state index contributed by atoms with van der Waals surface area (Å²) in [6.07, 6.45) is 1.82. The van der Waals surface area contributed by atoms with Gasteiger partial charge in [-0.3, -0.25) is 4.79 Å². The smallest absolute Gasteiger partial charge is 0.159 e. The first-order valence-corrected chi connectivity index (χ1v) is 8.41. The summed E-state index contributed by atoms with van der Waals surface area (Å²) in [5, 5.41) is 4.74. The summed E-state index contributed by atoms with van der Waals surface area (Å²) in [4.78, 5) is 16.1. The molecule has 26 heavy (non-hydrogen) atoms. The fraction of sp³-hybridized carbons (Fsp3) is 0.0952. The van der Waals surface area contributed by atoms with Crippen molar-refractivity contribution in [3.63, 3.8) is 0 Å². The molecule has 0 fully saturated rings. The Balaban J connectivity index is 1.81. The van der Waals surface area contributed by atoms with Crippen molar-refractivity contribution < 1.29 is 4.79 Å². The van der Waals surface area contributed by atoms with Crippen molar-refractivity contribution in [1.82, 2.24) is 14.6 Å². The Hall–Kier alpha value is -3.31. The van der Waals surface area contributed by atoms with Crippen molar-refractivity contribution >= 4 is 11.4 Å². The molecule has 0 atom stereocenters. The highest BCUT2D eigenvalue weighted by atomic mass is 16.1. The molecule has 0 saturated carbocycles. The average molecular weight is 342 g/mol. The minimum atomic E-state index is 0.0382. The van der Waals surface area contributed by atoms with Crippen LogP contribution in [0.4, 0.5) is 0 Å². The lowest BCUT2D eigenvalue weighted by molar-refractivity contribution is 0.101. The van der Waals surface area contributed by atoms with E-state index in [1.54, 1.807) is 6.92 Å². The molecule has 0 bridgehead atoms. The maximum absolute atomic E-state index is 11.6. The molecular weight excluding hydrogens is 324 g/mol. The zero-order valence-corrected chi connectivity index (χ0v) is 14.4. The summed E-state index contributed by atoms with van der Waals surface area (Å²) in [7, 11) is 0. The number of carbonyl (C=O) groups excluding carboxylic acids is 1. The van der Waals surface area contributed by atoms with Crippen LogP contribution in [-0.4, -0.2) is 20.4 Å². The van der Waals surface area contributed by atoms with E-state index in [1.165, 1.54) is 0 Å². The van der Waals surface area contributed by atoms with E-state index in [0.29, 0.717) is 12.1 Å². The van der Waals surface area contributed by atoms with Gasteiger partial charge in [0.25, 0.3) is 0 Å². The van der Waals surface area contributed by atoms with Gasteiger partial charge in [0, 0.05) is 23.2 Å². The van der Waals surface area contributed by atoms with E-state index in [2.05, 4.69) is 4.98 Å². The van der Waals surface area contributed by atoms with Gasteiger partial charge in [-0.05, 0) is 30.7 Å². The number of fused-ring (bicyclic) bond motifs is 1. The second kappa shape index (κ2) is 6.54. The summed E-state index contributed by atoms with van der Waals surface area (Å²) >= 11 is 0. The molecule has 4 rings (SSSR count). The topological polar surface area (TPSA) is 73.3 Å². The third-order valence-electron chi connectivity index (χ3n) is 4.41. The summed E-state index contributed by atoms with van der Waals surface area (Å²) < 4.78 is 1.83. The van der Waals surface area contributed by atoms with Crippen LogP contribution in [0.5, 0.6) is 0 Å². The number of imidazole rings is 1. The molecular formula is C21H18N4O. The maximum Gasteiger partial charge on any atom is 0.159 e. The van der Waals surface area contributed by atoms with Crippen LogP contribution >= 0.6 is 0 Å². The first-order chi connectivity index (χ1) is 12.7. The molecule has 2 heterocycles. The zero-order valence-electron chi connectivity index (χ0n) is 14.4. The van der Waals surface area contributed by atoms with E-state index in [4.69, 9.17) is 10.8 Å². The number of carbonyl (C=O) groups is 1. The number of benzene rings is 2. The lowest BCUT2D eigenvalue weighted by Crippen LogP contribution is -1.99. The van der Waals surface area contributed by atoms with E-state index in [9.17, 15) is 4.79 Å². The van der Waals surface area contributed by atoms with Gasteiger partial charge in [0.2, 0.25) is 0 Å². The quantitative estimate of drug-likeness (QED) is 0.574. The van der Waals surface area contributed by atoms with Crippen LogP contribution in [0.1, 0.15) is 22.8 Å². The van der Waals surface area contributed by atoms with Gasteiger partial charge in [0.15, 0.2) is 11.4 Å². The Kier molecular flexibility index (Phi) is 4.07. The molecule has 5 nitrogen and oxygen atoms in total. The largest absolute Gasteiger partial charge is 0.326 e. The first kappa shape index (κ1) is 16.2. The minimum Gasteiger partial charge on any atom is -0.326 e. The second-order valence-electron chi connectivity index (χ2n) is 6.17. The molecule has 0 aliphatic rings. The maximum atomic E-state index is 11.6. The number of nitrogens with two attached hydrogens (primary N) is 1. The predicted octanol–water partition coefficient (Wildman–Crippen LogP) is 3.72. The number of nitrogens with zero attached hydrogens (tertiary/aromatic N) is 3. The lowest BCUT2D eigenvalue weighted by Gasteiger charge is -2.06. The molecule has 0 radical (unpaired) electrons. The van der Waals surface area contributed by atoms with Crippen molar-refractivity contribution in [3.05, 3.63) is 78.0 Å². The highest BCUT2D eigenvalue weighted by Gasteiger charge is 2.10. The van der Waals surface area contributed by atoms with Crippen molar-refractivity contribution in [3.8, 4) is 22.5 Å². The minimum absolute atomic E-state index is 0.0382. The van der Waals surface area contributed by atoms with Crippen LogP contribution in [0.25, 0.3) is 28.2 Å². The number of hydrogen-bond acceptors (Lipinski definition) is 4. The third kappa shape index (κ3) is 2.89. The highest BCUT2D eigenvalue weighted by Crippen LogP contribution is 2.24. The van der Waals surface area contributed by atoms with E-state index in [-0.39, 0.29) is 5.78 Å². The molecule has 128 valence electrons. The molecule has 0 unspecified atom stereocenters. The van der Waals surface area contributed by atoms with Gasteiger partial charge in [0.1, 0.15) is 0 Å². The normalized spacial score (nSPS) is 11.0. The Bertz CT molecular complexity index is 1100. The van der Waals surface area contributed by atoms with Gasteiger partial charge in [-0.25, -0.2) is 9.50 Å². The van der Waals surface area contributed by atoms with E-state index >= 15 is 0 Å². The number of hydrogen-bond donors (Lipinski definition) is 1. The van der Waals surface area contributed by atoms with Gasteiger partial charge < -0.3 is 5.73 Å². The number of aromatic nitrogens is 3. The molecule has 0 aliphatic carbocycles. The standard InChI is InChI=1S/C21H18N4O/c1-14(26)17-3-2-4-18(11-17)19-9-10-21-23-13-20(25(21)24-19)16-7-5-15(12-22)6-8-16/h2-11,13H,12,22H2,1H3. The number of rotatable bonds is 4. The summed E-state index contributed by atoms with van der Waals surface area (Å²) in [6, 6.07) is 19.4. The van der Waals surface area contributed by atoms with Crippen LogP contribution in [0, 0.1) is 0 Å². The Morgan fingerprint density at radius 1 is 1.04 bits per heavy atom. The molecule has 0 aliphatic heterocycles. The van der Waals surface area contributed by atoms with Crippen molar-refractivity contribution in [2.24, 2.45) is 5.73 Å². The zero-order chi connectivity index (χ0) is 18.1. The molecule has 2 aromatic carbocycles. The van der Waals surface area contributed by atoms with E-state index < -0.39 is 0 Å². The van der Waals surface area contributed by atoms with Crippen LogP contribution < -0.4 is 5.73 Å². The van der Waals surface area contributed by atoms with Crippen LogP contribution in [-0.2, 0) is 6.54 Å². The monoisotopic (exact) mass is 342 g/mol. The van der Waals surface area contributed by atoms with Crippen molar-refractivity contribution in [2.75, 3.05) is 0 Å². The molecule has 0 amide bonds. The molecule has 5 heteroatoms. The van der Waals surface area contributed by atoms with Crippen LogP contribution in [0.3, 0.4) is 0 Å². The van der Waals surface area contributed by atoms with Crippen LogP contribution in [0.2, 0.25) is 0 Å². The van der Waals surface area contributed by atoms with Gasteiger partial charge in [-0.2, -0.15) is 5.10 Å². The van der Waals surface area contributed by atoms with Crippen molar-refractivity contribution in [1.29, 1.82) is 0 Å². The fourth-order valence-electron chi connectivity index (χ4n) is 2.93. The summed E-state index contributed by atoms with van der Waals surface area (Å²) in [5.41, 5.74) is 11.8. The molecule has 4 aromatic rings. The van der Waals surface area contributed by atoms with Crippen molar-refractivity contribution in [2.45, 2.75) is 13.5 Å². The fourth-order valence-corrected chi connectivity index (χ4v) is 2.93. The van der Waals surface area contributed by atoms with Gasteiger partial charge >= 0.3 is 0 Å². The highest BCUT2D eigenvalue weighted by molar-refractivity contribution is 5.95. The van der Waals surface area contributed by atoms with Gasteiger partial charge in [-0.15, -0.1) is 0 Å². The Morgan fingerprint density at radius 2 is 1.85 bits per heavy atom. The Labute approximate surface area is 151 Å². The Morgan fingerprint density at radius 3 is 2.58 bits per heavy atom. The molecule has 2 N–H and O–H groups in total. The van der Waals surface area contributed by atoms with Gasteiger partial charge in [0.05, 0.1) is 17.6 Å². The van der Waals surface area contributed by atoms with E-state index in [0.717, 1.165) is 33.7 Å². The summed E-state index contributed by atoms with van der Waals surface area (Å²) in [5.74, 6) is 0.0382. The number of ketones is 1. The summed E-state index contributed by atoms with van der Waals surface area (Å²) in [6.45, 7) is 2.08. The molecule has 0 spiro atoms. The average Bonchev–Trinajstić information content (AvgIpc) is 3.11. The number of Topliss-reactive ketones (excluding diaryl/α,β-unsaturated/α-hetero) is 1. The lowest BCUT2D eigenvalue weighted by atomic mass is 10.1. The van der Waals surface area contributed by atoms with Gasteiger partial charge in [-0.1, -0.05) is 42.5 Å².